The quantitative estimate of drug-likeness (QED) is 0.764. The van der Waals surface area contributed by atoms with E-state index in [2.05, 4.69) is 9.97 Å². The van der Waals surface area contributed by atoms with Crippen LogP contribution in [0.15, 0.2) is 18.6 Å². The zero-order chi connectivity index (χ0) is 10.1. The van der Waals surface area contributed by atoms with Gasteiger partial charge in [0.2, 0.25) is 0 Å². The van der Waals surface area contributed by atoms with Crippen LogP contribution in [0.2, 0.25) is 0 Å². The minimum atomic E-state index is 0.165. The number of nitrogens with zero attached hydrogens (tertiary/aromatic N) is 3. The second-order valence-corrected chi connectivity index (χ2v) is 3.72. The third kappa shape index (κ3) is 1.61. The van der Waals surface area contributed by atoms with Crippen LogP contribution in [0.25, 0.3) is 11.2 Å². The fraction of sp³-hybridized carbons (Fsp3) is 0.400. The highest BCUT2D eigenvalue weighted by Crippen LogP contribution is 2.11. The van der Waals surface area contributed by atoms with E-state index in [-0.39, 0.29) is 6.04 Å². The van der Waals surface area contributed by atoms with E-state index >= 15 is 0 Å². The molecule has 0 fully saturated rings. The SMILES string of the molecule is CC(N)Cc1cnc2c(c1)ncn2C. The molecule has 0 aliphatic carbocycles. The van der Waals surface area contributed by atoms with E-state index in [1.165, 1.54) is 0 Å². The number of nitrogens with two attached hydrogens (primary N) is 1. The molecule has 0 aromatic carbocycles. The van der Waals surface area contributed by atoms with Crippen LogP contribution in [-0.4, -0.2) is 20.6 Å². The lowest BCUT2D eigenvalue weighted by Crippen LogP contribution is -2.17. The molecule has 1 unspecified atom stereocenters. The molecule has 0 radical (unpaired) electrons. The third-order valence-corrected chi connectivity index (χ3v) is 2.17. The van der Waals surface area contributed by atoms with E-state index in [9.17, 15) is 0 Å². The van der Waals surface area contributed by atoms with Crippen molar-refractivity contribution in [2.24, 2.45) is 12.8 Å². The molecule has 2 heterocycles. The average molecular weight is 190 g/mol. The molecule has 2 aromatic heterocycles. The first-order valence-electron chi connectivity index (χ1n) is 4.68. The number of fused-ring (bicyclic) bond motifs is 1. The van der Waals surface area contributed by atoms with Crippen LogP contribution >= 0.6 is 0 Å². The van der Waals surface area contributed by atoms with E-state index in [1.54, 1.807) is 6.33 Å². The summed E-state index contributed by atoms with van der Waals surface area (Å²) in [6.45, 7) is 1.99. The monoisotopic (exact) mass is 190 g/mol. The molecule has 2 aromatic rings. The summed E-state index contributed by atoms with van der Waals surface area (Å²) < 4.78 is 1.91. The molecular formula is C10H14N4. The molecule has 0 saturated heterocycles. The predicted octanol–water partition coefficient (Wildman–Crippen LogP) is 0.858. The number of hydrogen-bond acceptors (Lipinski definition) is 3. The fourth-order valence-corrected chi connectivity index (χ4v) is 1.54. The van der Waals surface area contributed by atoms with Crippen LogP contribution in [0.1, 0.15) is 12.5 Å². The number of aryl methyl sites for hydroxylation is 1. The van der Waals surface area contributed by atoms with Crippen LogP contribution in [-0.2, 0) is 13.5 Å². The van der Waals surface area contributed by atoms with Gasteiger partial charge in [-0.15, -0.1) is 0 Å². The first-order chi connectivity index (χ1) is 6.66. The van der Waals surface area contributed by atoms with Gasteiger partial charge in [0.05, 0.1) is 6.33 Å². The van der Waals surface area contributed by atoms with Crippen molar-refractivity contribution in [1.82, 2.24) is 14.5 Å². The normalized spacial score (nSPS) is 13.4. The van der Waals surface area contributed by atoms with Gasteiger partial charge in [-0.25, -0.2) is 9.97 Å². The van der Waals surface area contributed by atoms with E-state index in [1.807, 2.05) is 30.8 Å². The number of hydrogen-bond donors (Lipinski definition) is 1. The first-order valence-corrected chi connectivity index (χ1v) is 4.68. The van der Waals surface area contributed by atoms with Crippen molar-refractivity contribution >= 4 is 11.2 Å². The maximum Gasteiger partial charge on any atom is 0.159 e. The zero-order valence-electron chi connectivity index (χ0n) is 8.44. The van der Waals surface area contributed by atoms with Crippen LogP contribution in [0.4, 0.5) is 0 Å². The number of pyridine rings is 1. The second kappa shape index (κ2) is 3.38. The van der Waals surface area contributed by atoms with Crippen molar-refractivity contribution in [3.05, 3.63) is 24.2 Å². The molecule has 0 bridgehead atoms. The van der Waals surface area contributed by atoms with Crippen molar-refractivity contribution in [3.63, 3.8) is 0 Å². The van der Waals surface area contributed by atoms with Crippen molar-refractivity contribution in [2.75, 3.05) is 0 Å². The van der Waals surface area contributed by atoms with Crippen LogP contribution in [0.5, 0.6) is 0 Å². The minimum absolute atomic E-state index is 0.165. The largest absolute Gasteiger partial charge is 0.328 e. The van der Waals surface area contributed by atoms with Gasteiger partial charge in [0.1, 0.15) is 5.52 Å². The summed E-state index contributed by atoms with van der Waals surface area (Å²) in [5, 5.41) is 0. The molecule has 0 aliphatic heterocycles. The average Bonchev–Trinajstić information content (AvgIpc) is 2.46. The van der Waals surface area contributed by atoms with Gasteiger partial charge >= 0.3 is 0 Å². The van der Waals surface area contributed by atoms with Crippen molar-refractivity contribution in [2.45, 2.75) is 19.4 Å². The van der Waals surface area contributed by atoms with Gasteiger partial charge in [0, 0.05) is 19.3 Å². The van der Waals surface area contributed by atoms with Gasteiger partial charge in [-0.1, -0.05) is 0 Å². The maximum absolute atomic E-state index is 5.72. The third-order valence-electron chi connectivity index (χ3n) is 2.17. The minimum Gasteiger partial charge on any atom is -0.328 e. The topological polar surface area (TPSA) is 56.7 Å². The van der Waals surface area contributed by atoms with Gasteiger partial charge in [0.25, 0.3) is 0 Å². The van der Waals surface area contributed by atoms with Crippen molar-refractivity contribution < 1.29 is 0 Å². The predicted molar refractivity (Wildman–Crippen MR) is 55.9 cm³/mol. The molecule has 14 heavy (non-hydrogen) atoms. The zero-order valence-corrected chi connectivity index (χ0v) is 8.44. The smallest absolute Gasteiger partial charge is 0.159 e. The maximum atomic E-state index is 5.72. The Morgan fingerprint density at radius 2 is 2.29 bits per heavy atom. The molecule has 2 rings (SSSR count). The van der Waals surface area contributed by atoms with Crippen molar-refractivity contribution in [1.29, 1.82) is 0 Å². The summed E-state index contributed by atoms with van der Waals surface area (Å²) in [4.78, 5) is 8.58. The summed E-state index contributed by atoms with van der Waals surface area (Å²) in [6.07, 6.45) is 4.49. The Kier molecular flexibility index (Phi) is 2.21. The standard InChI is InChI=1S/C10H14N4/c1-7(11)3-8-4-9-10(12-5-8)14(2)6-13-9/h4-7H,3,11H2,1-2H3. The highest BCUT2D eigenvalue weighted by atomic mass is 15.1. The molecule has 0 spiro atoms. The van der Waals surface area contributed by atoms with E-state index in [4.69, 9.17) is 5.73 Å². The highest BCUT2D eigenvalue weighted by Gasteiger charge is 2.03. The van der Waals surface area contributed by atoms with E-state index < -0.39 is 0 Å². The lowest BCUT2D eigenvalue weighted by atomic mass is 10.1. The van der Waals surface area contributed by atoms with Gasteiger partial charge in [-0.2, -0.15) is 0 Å². The molecule has 4 heteroatoms. The molecule has 0 amide bonds. The Morgan fingerprint density at radius 1 is 1.50 bits per heavy atom. The fourth-order valence-electron chi connectivity index (χ4n) is 1.54. The first kappa shape index (κ1) is 9.15. The van der Waals surface area contributed by atoms with E-state index in [0.29, 0.717) is 0 Å². The summed E-state index contributed by atoms with van der Waals surface area (Å²) in [7, 11) is 1.94. The Bertz CT molecular complexity index is 444. The van der Waals surface area contributed by atoms with Crippen LogP contribution in [0, 0.1) is 0 Å². The Hall–Kier alpha value is -1.42. The van der Waals surface area contributed by atoms with Gasteiger partial charge in [-0.3, -0.25) is 0 Å². The second-order valence-electron chi connectivity index (χ2n) is 3.72. The van der Waals surface area contributed by atoms with Crippen molar-refractivity contribution in [3.8, 4) is 0 Å². The molecule has 74 valence electrons. The summed E-state index contributed by atoms with van der Waals surface area (Å²) >= 11 is 0. The van der Waals surface area contributed by atoms with Crippen LogP contribution in [0.3, 0.4) is 0 Å². The van der Waals surface area contributed by atoms with Gasteiger partial charge in [0.15, 0.2) is 5.65 Å². The molecule has 2 N–H and O–H groups in total. The highest BCUT2D eigenvalue weighted by molar-refractivity contribution is 5.71. The molecule has 0 saturated carbocycles. The summed E-state index contributed by atoms with van der Waals surface area (Å²) in [6, 6.07) is 2.21. The molecule has 1 atom stereocenters. The summed E-state index contributed by atoms with van der Waals surface area (Å²) in [5.74, 6) is 0. The Morgan fingerprint density at radius 3 is 3.00 bits per heavy atom. The number of imidazole rings is 1. The lowest BCUT2D eigenvalue weighted by molar-refractivity contribution is 0.736. The van der Waals surface area contributed by atoms with Gasteiger partial charge < -0.3 is 10.3 Å². The number of rotatable bonds is 2. The summed E-state index contributed by atoms with van der Waals surface area (Å²) in [5.41, 5.74) is 8.72. The molecule has 4 nitrogen and oxygen atoms in total. The molecular weight excluding hydrogens is 176 g/mol. The Labute approximate surface area is 82.8 Å². The lowest BCUT2D eigenvalue weighted by Gasteiger charge is -2.04. The van der Waals surface area contributed by atoms with Gasteiger partial charge in [-0.05, 0) is 25.0 Å². The van der Waals surface area contributed by atoms with Crippen LogP contribution < -0.4 is 5.73 Å². The number of aromatic nitrogens is 3. The molecule has 0 aliphatic rings. The Balaban J connectivity index is 2.42. The van der Waals surface area contributed by atoms with E-state index in [0.717, 1.165) is 23.1 Å².